The molecule has 0 spiro atoms. The lowest BCUT2D eigenvalue weighted by Crippen LogP contribution is -2.32. The number of aryl methyl sites for hydroxylation is 2. The van der Waals surface area contributed by atoms with E-state index in [1.165, 1.54) is 0 Å². The summed E-state index contributed by atoms with van der Waals surface area (Å²) < 4.78 is 1.93. The topological polar surface area (TPSA) is 59.8 Å². The van der Waals surface area contributed by atoms with E-state index >= 15 is 0 Å². The van der Waals surface area contributed by atoms with Gasteiger partial charge in [-0.3, -0.25) is 4.79 Å². The maximum absolute atomic E-state index is 11.9. The van der Waals surface area contributed by atoms with Crippen molar-refractivity contribution >= 4 is 28.7 Å². The first kappa shape index (κ1) is 15.8. The molecule has 0 radical (unpaired) electrons. The van der Waals surface area contributed by atoms with Crippen molar-refractivity contribution in [2.24, 2.45) is 0 Å². The van der Waals surface area contributed by atoms with E-state index in [2.05, 4.69) is 15.3 Å². The van der Waals surface area contributed by atoms with Gasteiger partial charge in [0, 0.05) is 25.2 Å². The number of alkyl halides is 1. The van der Waals surface area contributed by atoms with Gasteiger partial charge in [0.1, 0.15) is 11.3 Å². The van der Waals surface area contributed by atoms with Gasteiger partial charge in [-0.1, -0.05) is 6.92 Å². The second-order valence-electron chi connectivity index (χ2n) is 5.30. The summed E-state index contributed by atoms with van der Waals surface area (Å²) in [5.74, 6) is 1.10. The highest BCUT2D eigenvalue weighted by Crippen LogP contribution is 2.17. The molecule has 21 heavy (non-hydrogen) atoms. The number of fused-ring (bicyclic) bond motifs is 1. The molecule has 5 nitrogen and oxygen atoms in total. The average Bonchev–Trinajstić information content (AvgIpc) is 2.81. The molecule has 1 N–H and O–H groups in total. The Hall–Kier alpha value is -1.62. The Morgan fingerprint density at radius 3 is 2.95 bits per heavy atom. The van der Waals surface area contributed by atoms with Gasteiger partial charge >= 0.3 is 0 Å². The molecular weight excluding hydrogens is 288 g/mol. The summed E-state index contributed by atoms with van der Waals surface area (Å²) in [5, 5.41) is 2.96. The van der Waals surface area contributed by atoms with Crippen molar-refractivity contribution in [3.8, 4) is 0 Å². The molecule has 2 aromatic rings. The lowest BCUT2D eigenvalue weighted by atomic mass is 10.2. The van der Waals surface area contributed by atoms with E-state index in [0.717, 1.165) is 29.0 Å². The quantitative estimate of drug-likeness (QED) is 0.835. The minimum Gasteiger partial charge on any atom is -0.354 e. The van der Waals surface area contributed by atoms with Crippen LogP contribution in [0.4, 0.5) is 0 Å². The normalized spacial score (nSPS) is 12.6. The van der Waals surface area contributed by atoms with Gasteiger partial charge in [-0.05, 0) is 31.9 Å². The third-order valence-electron chi connectivity index (χ3n) is 3.50. The van der Waals surface area contributed by atoms with Crippen LogP contribution in [0.5, 0.6) is 0 Å². The minimum absolute atomic E-state index is 0.0406. The number of pyridine rings is 1. The molecule has 0 bridgehead atoms. The zero-order chi connectivity index (χ0) is 15.4. The maximum Gasteiger partial charge on any atom is 0.222 e. The van der Waals surface area contributed by atoms with Crippen LogP contribution in [0.2, 0.25) is 0 Å². The van der Waals surface area contributed by atoms with Crippen molar-refractivity contribution < 1.29 is 4.79 Å². The van der Waals surface area contributed by atoms with Crippen LogP contribution in [-0.2, 0) is 17.2 Å². The van der Waals surface area contributed by atoms with Crippen LogP contribution in [0.1, 0.15) is 38.1 Å². The Morgan fingerprint density at radius 1 is 1.52 bits per heavy atom. The Labute approximate surface area is 129 Å². The molecule has 1 unspecified atom stereocenters. The predicted octanol–water partition coefficient (Wildman–Crippen LogP) is 2.78. The third kappa shape index (κ3) is 3.73. The molecule has 0 saturated carbocycles. The molecule has 2 aromatic heterocycles. The molecule has 1 atom stereocenters. The number of rotatable bonds is 6. The molecule has 0 aliphatic heterocycles. The molecule has 1 amide bonds. The molecule has 114 valence electrons. The molecule has 2 rings (SSSR count). The van der Waals surface area contributed by atoms with E-state index in [4.69, 9.17) is 11.6 Å². The first-order valence-electron chi connectivity index (χ1n) is 7.22. The van der Waals surface area contributed by atoms with E-state index < -0.39 is 0 Å². The molecule has 0 aromatic carbocycles. The molecule has 6 heteroatoms. The van der Waals surface area contributed by atoms with Crippen molar-refractivity contribution in [3.05, 3.63) is 23.7 Å². The van der Waals surface area contributed by atoms with E-state index in [1.54, 1.807) is 6.20 Å². The first-order chi connectivity index (χ1) is 10.0. The molecular formula is C15H21ClN4O. The Bertz CT molecular complexity index is 638. The highest BCUT2D eigenvalue weighted by molar-refractivity contribution is 6.16. The number of nitrogens with one attached hydrogen (secondary N) is 1. The predicted molar refractivity (Wildman–Crippen MR) is 84.3 cm³/mol. The van der Waals surface area contributed by atoms with Crippen LogP contribution in [-0.4, -0.2) is 26.5 Å². The Morgan fingerprint density at radius 2 is 2.29 bits per heavy atom. The number of hydrogen-bond donors (Lipinski definition) is 1. The molecule has 2 heterocycles. The van der Waals surface area contributed by atoms with Gasteiger partial charge in [-0.15, -0.1) is 11.6 Å². The number of carbonyl (C=O) groups is 1. The number of nitrogens with zero attached hydrogens (tertiary/aromatic N) is 3. The second-order valence-corrected chi connectivity index (χ2v) is 5.56. The van der Waals surface area contributed by atoms with Crippen LogP contribution in [0.25, 0.3) is 11.2 Å². The standard InChI is InChI=1S/C15H21ClN4O/c1-4-11(3)18-14(21)5-6-20-13(8-16)19-12-7-10(2)9-17-15(12)20/h7,9,11H,4-6,8H2,1-3H3,(H,18,21). The smallest absolute Gasteiger partial charge is 0.222 e. The summed E-state index contributed by atoms with van der Waals surface area (Å²) >= 11 is 5.95. The van der Waals surface area contributed by atoms with Gasteiger partial charge in [0.25, 0.3) is 0 Å². The second kappa shape index (κ2) is 6.89. The fourth-order valence-electron chi connectivity index (χ4n) is 2.16. The molecule has 0 fully saturated rings. The van der Waals surface area contributed by atoms with Gasteiger partial charge in [0.15, 0.2) is 5.65 Å². The molecule has 0 saturated heterocycles. The summed E-state index contributed by atoms with van der Waals surface area (Å²) in [6.45, 7) is 6.56. The Balaban J connectivity index is 2.15. The number of carbonyl (C=O) groups excluding carboxylic acids is 1. The number of aromatic nitrogens is 3. The van der Waals surface area contributed by atoms with Crippen LogP contribution < -0.4 is 5.32 Å². The zero-order valence-corrected chi connectivity index (χ0v) is 13.4. The monoisotopic (exact) mass is 308 g/mol. The highest BCUT2D eigenvalue weighted by Gasteiger charge is 2.13. The van der Waals surface area contributed by atoms with E-state index in [0.29, 0.717) is 18.8 Å². The zero-order valence-electron chi connectivity index (χ0n) is 12.7. The largest absolute Gasteiger partial charge is 0.354 e. The first-order valence-corrected chi connectivity index (χ1v) is 7.75. The highest BCUT2D eigenvalue weighted by atomic mass is 35.5. The lowest BCUT2D eigenvalue weighted by molar-refractivity contribution is -0.121. The summed E-state index contributed by atoms with van der Waals surface area (Å²) in [6, 6.07) is 2.18. The minimum atomic E-state index is 0.0406. The number of imidazole rings is 1. The number of amides is 1. The van der Waals surface area contributed by atoms with Crippen molar-refractivity contribution in [1.82, 2.24) is 19.9 Å². The van der Waals surface area contributed by atoms with Gasteiger partial charge in [0.05, 0.1) is 5.88 Å². The maximum atomic E-state index is 11.9. The van der Waals surface area contributed by atoms with Gasteiger partial charge < -0.3 is 9.88 Å². The van der Waals surface area contributed by atoms with Gasteiger partial charge in [-0.25, -0.2) is 9.97 Å². The fraction of sp³-hybridized carbons (Fsp3) is 0.533. The third-order valence-corrected chi connectivity index (χ3v) is 3.74. The van der Waals surface area contributed by atoms with E-state index in [9.17, 15) is 4.79 Å². The summed E-state index contributed by atoms with van der Waals surface area (Å²) in [5.41, 5.74) is 2.67. The number of halogens is 1. The van der Waals surface area contributed by atoms with Crippen LogP contribution in [0.3, 0.4) is 0 Å². The Kier molecular flexibility index (Phi) is 5.17. The van der Waals surface area contributed by atoms with Gasteiger partial charge in [0.2, 0.25) is 5.91 Å². The van der Waals surface area contributed by atoms with Gasteiger partial charge in [-0.2, -0.15) is 0 Å². The summed E-state index contributed by atoms with van der Waals surface area (Å²) in [6.07, 6.45) is 3.13. The van der Waals surface area contributed by atoms with Crippen molar-refractivity contribution in [3.63, 3.8) is 0 Å². The van der Waals surface area contributed by atoms with Crippen LogP contribution >= 0.6 is 11.6 Å². The molecule has 0 aliphatic rings. The lowest BCUT2D eigenvalue weighted by Gasteiger charge is -2.12. The van der Waals surface area contributed by atoms with Crippen molar-refractivity contribution in [2.75, 3.05) is 0 Å². The summed E-state index contributed by atoms with van der Waals surface area (Å²) in [7, 11) is 0. The SMILES string of the molecule is CCC(C)NC(=O)CCn1c(CCl)nc2cc(C)cnc21. The van der Waals surface area contributed by atoms with Crippen molar-refractivity contribution in [2.45, 2.75) is 52.1 Å². The van der Waals surface area contributed by atoms with E-state index in [-0.39, 0.29) is 11.9 Å². The fourth-order valence-corrected chi connectivity index (χ4v) is 2.36. The summed E-state index contributed by atoms with van der Waals surface area (Å²) in [4.78, 5) is 20.8. The average molecular weight is 309 g/mol. The number of hydrogen-bond acceptors (Lipinski definition) is 3. The molecule has 0 aliphatic carbocycles. The van der Waals surface area contributed by atoms with Crippen molar-refractivity contribution in [1.29, 1.82) is 0 Å². The van der Waals surface area contributed by atoms with Crippen LogP contribution in [0, 0.1) is 6.92 Å². The van der Waals surface area contributed by atoms with Crippen LogP contribution in [0.15, 0.2) is 12.3 Å². The van der Waals surface area contributed by atoms with E-state index in [1.807, 2.05) is 31.4 Å².